The van der Waals surface area contributed by atoms with E-state index in [2.05, 4.69) is 10.1 Å². The molecule has 1 aromatic carbocycles. The molecule has 0 radical (unpaired) electrons. The summed E-state index contributed by atoms with van der Waals surface area (Å²) in [6, 6.07) is 13.9. The predicted octanol–water partition coefficient (Wildman–Crippen LogP) is 3.13. The Kier molecular flexibility index (Phi) is 4.55. The van der Waals surface area contributed by atoms with Crippen LogP contribution in [-0.2, 0) is 15.1 Å². The summed E-state index contributed by atoms with van der Waals surface area (Å²) in [5.74, 6) is -0.527. The van der Waals surface area contributed by atoms with Crippen molar-refractivity contribution in [3.63, 3.8) is 0 Å². The van der Waals surface area contributed by atoms with E-state index in [1.54, 1.807) is 49.4 Å². The molecule has 0 bridgehead atoms. The molecule has 1 saturated heterocycles. The number of carbonyl (C=O) groups is 1. The van der Waals surface area contributed by atoms with Crippen LogP contribution in [-0.4, -0.2) is 38.9 Å². The van der Waals surface area contributed by atoms with Crippen LogP contribution in [0.25, 0.3) is 5.52 Å². The summed E-state index contributed by atoms with van der Waals surface area (Å²) in [4.78, 5) is 16.3. The van der Waals surface area contributed by atoms with Gasteiger partial charge in [-0.05, 0) is 38.1 Å². The van der Waals surface area contributed by atoms with E-state index in [1.165, 1.54) is 17.8 Å². The number of nitriles is 1. The maximum absolute atomic E-state index is 15.7. The second kappa shape index (κ2) is 6.94. The van der Waals surface area contributed by atoms with Gasteiger partial charge in [-0.15, -0.1) is 0 Å². The molecule has 1 fully saturated rings. The van der Waals surface area contributed by atoms with Crippen molar-refractivity contribution in [1.82, 2.24) is 14.6 Å². The maximum atomic E-state index is 15.7. The number of esters is 1. The molecule has 3 aromatic rings. The zero-order valence-corrected chi connectivity index (χ0v) is 16.0. The third-order valence-electron chi connectivity index (χ3n) is 5.26. The first kappa shape index (κ1) is 19.0. The number of benzene rings is 1. The summed E-state index contributed by atoms with van der Waals surface area (Å²) in [5.41, 5.74) is -1.86. The van der Waals surface area contributed by atoms with Crippen LogP contribution in [0.4, 0.5) is 4.39 Å². The molecule has 3 unspecified atom stereocenters. The molecule has 8 heteroatoms. The lowest BCUT2D eigenvalue weighted by Gasteiger charge is -2.29. The van der Waals surface area contributed by atoms with E-state index >= 15 is 4.39 Å². The highest BCUT2D eigenvalue weighted by Crippen LogP contribution is 2.49. The summed E-state index contributed by atoms with van der Waals surface area (Å²) >= 11 is 0. The zero-order valence-electron chi connectivity index (χ0n) is 16.0. The lowest BCUT2D eigenvalue weighted by molar-refractivity contribution is -0.0745. The number of rotatable bonds is 4. The lowest BCUT2D eigenvalue weighted by Crippen LogP contribution is -2.42. The van der Waals surface area contributed by atoms with E-state index in [0.717, 1.165) is 0 Å². The van der Waals surface area contributed by atoms with Gasteiger partial charge in [-0.1, -0.05) is 18.2 Å². The average Bonchev–Trinajstić information content (AvgIpc) is 3.26. The second-order valence-electron chi connectivity index (χ2n) is 7.26. The molecule has 3 heterocycles. The van der Waals surface area contributed by atoms with Crippen molar-refractivity contribution in [2.75, 3.05) is 6.61 Å². The third kappa shape index (κ3) is 3.04. The van der Waals surface area contributed by atoms with Crippen LogP contribution in [0.2, 0.25) is 0 Å². The summed E-state index contributed by atoms with van der Waals surface area (Å²) in [6.07, 6.45) is 0.478. The van der Waals surface area contributed by atoms with E-state index in [-0.39, 0.29) is 18.7 Å². The highest BCUT2D eigenvalue weighted by Gasteiger charge is 2.61. The van der Waals surface area contributed by atoms with Crippen LogP contribution in [0.5, 0.6) is 0 Å². The monoisotopic (exact) mass is 394 g/mol. The van der Waals surface area contributed by atoms with Crippen LogP contribution in [0.15, 0.2) is 48.8 Å². The number of aryl methyl sites for hydroxylation is 1. The summed E-state index contributed by atoms with van der Waals surface area (Å²) < 4.78 is 28.3. The van der Waals surface area contributed by atoms with Crippen LogP contribution in [0, 0.1) is 18.3 Å². The second-order valence-corrected chi connectivity index (χ2v) is 7.26. The van der Waals surface area contributed by atoms with Crippen molar-refractivity contribution in [3.8, 4) is 6.07 Å². The number of halogens is 1. The summed E-state index contributed by atoms with van der Waals surface area (Å²) in [7, 11) is 0. The molecular weight excluding hydrogens is 375 g/mol. The maximum Gasteiger partial charge on any atom is 0.338 e. The summed E-state index contributed by atoms with van der Waals surface area (Å²) in [6.45, 7) is 2.96. The number of carbonyl (C=O) groups excluding carboxylic acids is 1. The largest absolute Gasteiger partial charge is 0.459 e. The Balaban J connectivity index is 1.60. The number of ether oxygens (including phenoxy) is 2. The number of fused-ring (bicyclic) bond motifs is 1. The molecule has 0 N–H and O–H groups in total. The van der Waals surface area contributed by atoms with Crippen LogP contribution >= 0.6 is 0 Å². The van der Waals surface area contributed by atoms with Crippen molar-refractivity contribution in [3.05, 3.63) is 65.7 Å². The first-order valence-corrected chi connectivity index (χ1v) is 9.18. The zero-order chi connectivity index (χ0) is 20.6. The fraction of sp³-hybridized carbons (Fsp3) is 0.333. The van der Waals surface area contributed by atoms with Gasteiger partial charge in [0.1, 0.15) is 19.0 Å². The molecule has 148 valence electrons. The number of nitrogens with zero attached hydrogens (tertiary/aromatic N) is 4. The van der Waals surface area contributed by atoms with Gasteiger partial charge in [-0.25, -0.2) is 18.7 Å². The van der Waals surface area contributed by atoms with Crippen molar-refractivity contribution in [2.45, 2.75) is 37.6 Å². The van der Waals surface area contributed by atoms with E-state index in [4.69, 9.17) is 9.47 Å². The highest BCUT2D eigenvalue weighted by molar-refractivity contribution is 5.89. The van der Waals surface area contributed by atoms with Gasteiger partial charge in [0, 0.05) is 6.42 Å². The molecule has 0 saturated carbocycles. The average molecular weight is 394 g/mol. The molecule has 0 spiro atoms. The van der Waals surface area contributed by atoms with E-state index < -0.39 is 23.3 Å². The third-order valence-corrected chi connectivity index (χ3v) is 5.26. The minimum absolute atomic E-state index is 0.0973. The Morgan fingerprint density at radius 3 is 2.86 bits per heavy atom. The molecule has 7 nitrogen and oxygen atoms in total. The predicted molar refractivity (Wildman–Crippen MR) is 101 cm³/mol. The van der Waals surface area contributed by atoms with Crippen LogP contribution in [0.1, 0.15) is 35.1 Å². The first-order valence-electron chi connectivity index (χ1n) is 9.18. The smallest absolute Gasteiger partial charge is 0.338 e. The van der Waals surface area contributed by atoms with Gasteiger partial charge >= 0.3 is 5.97 Å². The van der Waals surface area contributed by atoms with Crippen molar-refractivity contribution in [1.29, 1.82) is 5.26 Å². The Morgan fingerprint density at radius 2 is 2.14 bits per heavy atom. The molecule has 29 heavy (non-hydrogen) atoms. The quantitative estimate of drug-likeness (QED) is 0.632. The van der Waals surface area contributed by atoms with Crippen molar-refractivity contribution >= 4 is 11.5 Å². The molecule has 0 aliphatic carbocycles. The first-order chi connectivity index (χ1) is 13.9. The molecule has 1 aliphatic rings. The van der Waals surface area contributed by atoms with Crippen molar-refractivity contribution in [2.24, 2.45) is 0 Å². The van der Waals surface area contributed by atoms with Crippen molar-refractivity contribution < 1.29 is 18.7 Å². The minimum Gasteiger partial charge on any atom is -0.459 e. The fourth-order valence-electron chi connectivity index (χ4n) is 3.76. The van der Waals surface area contributed by atoms with Gasteiger partial charge in [-0.3, -0.25) is 0 Å². The number of hydrogen-bond acceptors (Lipinski definition) is 6. The van der Waals surface area contributed by atoms with Gasteiger partial charge < -0.3 is 9.47 Å². The van der Waals surface area contributed by atoms with E-state index in [1.807, 2.05) is 6.07 Å². The van der Waals surface area contributed by atoms with Gasteiger partial charge in [0.2, 0.25) is 5.60 Å². The fourth-order valence-corrected chi connectivity index (χ4v) is 3.76. The Hall–Kier alpha value is -3.31. The highest BCUT2D eigenvalue weighted by atomic mass is 19.1. The van der Waals surface area contributed by atoms with Gasteiger partial charge in [-0.2, -0.15) is 10.4 Å². The molecule has 3 atom stereocenters. The molecule has 4 rings (SSSR count). The van der Waals surface area contributed by atoms with Gasteiger partial charge in [0.05, 0.1) is 28.6 Å². The molecule has 1 aliphatic heterocycles. The van der Waals surface area contributed by atoms with Gasteiger partial charge in [0.25, 0.3) is 0 Å². The van der Waals surface area contributed by atoms with Gasteiger partial charge in [0.15, 0.2) is 5.67 Å². The number of hydrogen-bond donors (Lipinski definition) is 0. The standard InChI is InChI=1S/C21H19FN4O3/c1-14-17-8-9-18(26(17)25-13-24-14)21(12-23)20(2,22)10-16(29-21)11-28-19(27)15-6-4-3-5-7-15/h3-9,13,16H,10-11H2,1-2H3. The minimum atomic E-state index is -2.02. The van der Waals surface area contributed by atoms with Crippen LogP contribution in [0.3, 0.4) is 0 Å². The lowest BCUT2D eigenvalue weighted by atomic mass is 9.83. The molecular formula is C21H19FN4O3. The molecule has 0 amide bonds. The number of aromatic nitrogens is 3. The topological polar surface area (TPSA) is 89.5 Å². The van der Waals surface area contributed by atoms with Crippen LogP contribution < -0.4 is 0 Å². The Morgan fingerprint density at radius 1 is 1.38 bits per heavy atom. The summed E-state index contributed by atoms with van der Waals surface area (Å²) in [5, 5.41) is 14.1. The molecule has 2 aromatic heterocycles. The Labute approximate surface area is 166 Å². The number of alkyl halides is 1. The SMILES string of the molecule is Cc1ncnn2c(C3(C#N)OC(COC(=O)c4ccccc4)CC3(C)F)ccc12. The van der Waals surface area contributed by atoms with E-state index in [9.17, 15) is 10.1 Å². The Bertz CT molecular complexity index is 1110. The van der Waals surface area contributed by atoms with E-state index in [0.29, 0.717) is 16.8 Å². The normalized spacial score (nSPS) is 26.3.